The molecule has 3 nitrogen and oxygen atoms in total. The number of hydrogen-bond donors (Lipinski definition) is 1. The molecule has 0 saturated heterocycles. The summed E-state index contributed by atoms with van der Waals surface area (Å²) in [7, 11) is -3.08. The number of fused-ring (bicyclic) bond motifs is 1. The summed E-state index contributed by atoms with van der Waals surface area (Å²) in [5.41, 5.74) is 1.58. The van der Waals surface area contributed by atoms with Gasteiger partial charge in [0.05, 0.1) is 11.4 Å². The Morgan fingerprint density at radius 3 is 2.92 bits per heavy atom. The molecule has 0 amide bonds. The standard InChI is InChI=1S/C7H6INO2S/c8-6-1-2-7-5(3-6)4-12(10,11)9-7/h1-3,9H,4H2. The number of rotatable bonds is 0. The van der Waals surface area contributed by atoms with E-state index < -0.39 is 10.0 Å². The van der Waals surface area contributed by atoms with Gasteiger partial charge >= 0.3 is 0 Å². The lowest BCUT2D eigenvalue weighted by Gasteiger charge is -1.96. The first kappa shape index (κ1) is 8.31. The van der Waals surface area contributed by atoms with Crippen LogP contribution < -0.4 is 4.72 Å². The lowest BCUT2D eigenvalue weighted by atomic mass is 10.2. The van der Waals surface area contributed by atoms with Crippen LogP contribution in [0.2, 0.25) is 0 Å². The van der Waals surface area contributed by atoms with Crippen molar-refractivity contribution in [2.75, 3.05) is 4.72 Å². The van der Waals surface area contributed by atoms with Gasteiger partial charge in [0, 0.05) is 3.57 Å². The van der Waals surface area contributed by atoms with Gasteiger partial charge in [-0.2, -0.15) is 0 Å². The molecule has 0 atom stereocenters. The summed E-state index contributed by atoms with van der Waals surface area (Å²) < 4.78 is 25.7. The SMILES string of the molecule is O=S1(=O)Cc2cc(I)ccc2N1. The van der Waals surface area contributed by atoms with E-state index in [1.165, 1.54) is 0 Å². The van der Waals surface area contributed by atoms with Crippen LogP contribution in [0.3, 0.4) is 0 Å². The number of anilines is 1. The van der Waals surface area contributed by atoms with Crippen molar-refractivity contribution in [3.05, 3.63) is 27.3 Å². The minimum Gasteiger partial charge on any atom is -0.283 e. The molecular weight excluding hydrogens is 289 g/mol. The van der Waals surface area contributed by atoms with Crippen LogP contribution in [0.25, 0.3) is 0 Å². The Morgan fingerprint density at radius 1 is 1.42 bits per heavy atom. The molecule has 0 radical (unpaired) electrons. The summed E-state index contributed by atoms with van der Waals surface area (Å²) in [6.07, 6.45) is 0. The van der Waals surface area contributed by atoms with Gasteiger partial charge in [-0.1, -0.05) is 0 Å². The molecule has 2 rings (SSSR count). The molecular formula is C7H6INO2S. The minimum atomic E-state index is -3.08. The summed E-state index contributed by atoms with van der Waals surface area (Å²) in [6, 6.07) is 5.56. The van der Waals surface area contributed by atoms with Crippen molar-refractivity contribution in [2.24, 2.45) is 0 Å². The van der Waals surface area contributed by atoms with Crippen molar-refractivity contribution in [1.82, 2.24) is 0 Å². The van der Waals surface area contributed by atoms with Gasteiger partial charge in [0.2, 0.25) is 10.0 Å². The monoisotopic (exact) mass is 295 g/mol. The van der Waals surface area contributed by atoms with Gasteiger partial charge in [-0.15, -0.1) is 0 Å². The molecule has 1 aliphatic heterocycles. The van der Waals surface area contributed by atoms with Crippen LogP contribution in [0, 0.1) is 3.57 Å². The Bertz CT molecular complexity index is 427. The maximum Gasteiger partial charge on any atom is 0.237 e. The fourth-order valence-corrected chi connectivity index (χ4v) is 3.00. The van der Waals surface area contributed by atoms with Crippen LogP contribution in [-0.4, -0.2) is 8.42 Å². The lowest BCUT2D eigenvalue weighted by Crippen LogP contribution is -2.05. The highest BCUT2D eigenvalue weighted by molar-refractivity contribution is 14.1. The van der Waals surface area contributed by atoms with Crippen LogP contribution in [0.5, 0.6) is 0 Å². The third-order valence-electron chi connectivity index (χ3n) is 1.68. The second-order valence-electron chi connectivity index (χ2n) is 2.66. The number of benzene rings is 1. The molecule has 5 heteroatoms. The average molecular weight is 295 g/mol. The zero-order valence-electron chi connectivity index (χ0n) is 6.04. The third-order valence-corrected chi connectivity index (χ3v) is 3.57. The Balaban J connectivity index is 2.56. The molecule has 12 heavy (non-hydrogen) atoms. The molecule has 0 aliphatic carbocycles. The minimum absolute atomic E-state index is 0.110. The maximum absolute atomic E-state index is 11.1. The van der Waals surface area contributed by atoms with Gasteiger partial charge in [0.1, 0.15) is 0 Å². The first-order valence-electron chi connectivity index (χ1n) is 3.36. The van der Waals surface area contributed by atoms with Gasteiger partial charge in [-0.3, -0.25) is 4.72 Å². The predicted octanol–water partition coefficient (Wildman–Crippen LogP) is 1.55. The van der Waals surface area contributed by atoms with Crippen LogP contribution in [0.4, 0.5) is 5.69 Å². The highest BCUT2D eigenvalue weighted by atomic mass is 127. The highest BCUT2D eigenvalue weighted by Gasteiger charge is 2.22. The Labute approximate surface area is 84.4 Å². The average Bonchev–Trinajstić information content (AvgIpc) is 2.21. The summed E-state index contributed by atoms with van der Waals surface area (Å²) >= 11 is 2.16. The van der Waals surface area contributed by atoms with E-state index in [4.69, 9.17) is 0 Å². The molecule has 0 unspecified atom stereocenters. The van der Waals surface area contributed by atoms with Crippen molar-refractivity contribution < 1.29 is 8.42 Å². The molecule has 1 N–H and O–H groups in total. The quantitative estimate of drug-likeness (QED) is 0.738. The van der Waals surface area contributed by atoms with Crippen molar-refractivity contribution in [3.8, 4) is 0 Å². The summed E-state index contributed by atoms with van der Waals surface area (Å²) in [6.45, 7) is 0. The van der Waals surface area contributed by atoms with Gasteiger partial charge < -0.3 is 0 Å². The van der Waals surface area contributed by atoms with Crippen molar-refractivity contribution in [1.29, 1.82) is 0 Å². The van der Waals surface area contributed by atoms with Crippen molar-refractivity contribution >= 4 is 38.3 Å². The zero-order chi connectivity index (χ0) is 8.77. The molecule has 64 valence electrons. The molecule has 1 heterocycles. The van der Waals surface area contributed by atoms with Crippen molar-refractivity contribution in [2.45, 2.75) is 5.75 Å². The molecule has 0 spiro atoms. The number of nitrogens with one attached hydrogen (secondary N) is 1. The topological polar surface area (TPSA) is 46.2 Å². The summed E-state index contributed by atoms with van der Waals surface area (Å²) in [4.78, 5) is 0. The van der Waals surface area contributed by atoms with Crippen LogP contribution in [0.1, 0.15) is 5.56 Å². The largest absolute Gasteiger partial charge is 0.283 e. The van der Waals surface area contributed by atoms with E-state index in [0.717, 1.165) is 14.8 Å². The Kier molecular flexibility index (Phi) is 1.80. The van der Waals surface area contributed by atoms with Crippen LogP contribution in [-0.2, 0) is 15.8 Å². The molecule has 0 saturated carbocycles. The highest BCUT2D eigenvalue weighted by Crippen LogP contribution is 2.27. The first-order valence-corrected chi connectivity index (χ1v) is 6.09. The van der Waals surface area contributed by atoms with E-state index >= 15 is 0 Å². The number of hydrogen-bond acceptors (Lipinski definition) is 2. The smallest absolute Gasteiger partial charge is 0.237 e. The number of halogens is 1. The zero-order valence-corrected chi connectivity index (χ0v) is 9.02. The first-order chi connectivity index (χ1) is 5.57. The summed E-state index contributed by atoms with van der Waals surface area (Å²) in [5, 5.41) is 0. The second kappa shape index (κ2) is 2.59. The van der Waals surface area contributed by atoms with Gasteiger partial charge in [0.15, 0.2) is 0 Å². The van der Waals surface area contributed by atoms with Crippen LogP contribution >= 0.6 is 22.6 Å². The van der Waals surface area contributed by atoms with Gasteiger partial charge in [-0.25, -0.2) is 8.42 Å². The maximum atomic E-state index is 11.1. The van der Waals surface area contributed by atoms with Crippen molar-refractivity contribution in [3.63, 3.8) is 0 Å². The van der Waals surface area contributed by atoms with Crippen LogP contribution in [0.15, 0.2) is 18.2 Å². The Hall–Kier alpha value is -0.300. The van der Waals surface area contributed by atoms with E-state index in [-0.39, 0.29) is 5.75 Å². The van der Waals surface area contributed by atoms with E-state index in [0.29, 0.717) is 0 Å². The van der Waals surface area contributed by atoms with Gasteiger partial charge in [0.25, 0.3) is 0 Å². The predicted molar refractivity (Wildman–Crippen MR) is 55.4 cm³/mol. The molecule has 1 aromatic rings. The molecule has 1 aromatic carbocycles. The van der Waals surface area contributed by atoms with E-state index in [9.17, 15) is 8.42 Å². The summed E-state index contributed by atoms with van der Waals surface area (Å²) in [5.74, 6) is 0.110. The normalized spacial score (nSPS) is 18.4. The molecule has 0 fully saturated rings. The molecule has 0 aromatic heterocycles. The van der Waals surface area contributed by atoms with E-state index in [2.05, 4.69) is 27.3 Å². The van der Waals surface area contributed by atoms with E-state index in [1.807, 2.05) is 12.1 Å². The third kappa shape index (κ3) is 1.42. The second-order valence-corrected chi connectivity index (χ2v) is 5.63. The lowest BCUT2D eigenvalue weighted by molar-refractivity contribution is 0.602. The fourth-order valence-electron chi connectivity index (χ4n) is 1.19. The fraction of sp³-hybridized carbons (Fsp3) is 0.143. The Morgan fingerprint density at radius 2 is 2.17 bits per heavy atom. The number of sulfonamides is 1. The molecule has 0 bridgehead atoms. The van der Waals surface area contributed by atoms with E-state index in [1.54, 1.807) is 6.07 Å². The van der Waals surface area contributed by atoms with Gasteiger partial charge in [-0.05, 0) is 46.4 Å². The molecule has 1 aliphatic rings.